The van der Waals surface area contributed by atoms with E-state index in [1.165, 1.54) is 12.5 Å². The SMILES string of the molecule is CC(=O)Nc1cc(Oc2ccc3sc(Nc4cccc(C(C)C)c4)nc3c2)ccn1. The average Bonchev–Trinajstić information content (AvgIpc) is 3.09. The number of anilines is 3. The summed E-state index contributed by atoms with van der Waals surface area (Å²) in [4.78, 5) is 20.0. The van der Waals surface area contributed by atoms with Crippen molar-refractivity contribution in [3.05, 3.63) is 66.4 Å². The Labute approximate surface area is 179 Å². The third-order valence-corrected chi connectivity index (χ3v) is 5.39. The second-order valence-electron chi connectivity index (χ2n) is 7.21. The van der Waals surface area contributed by atoms with Gasteiger partial charge in [-0.15, -0.1) is 0 Å². The number of carbonyl (C=O) groups excluding carboxylic acids is 1. The fraction of sp³-hybridized carbons (Fsp3) is 0.174. The molecule has 0 aliphatic heterocycles. The molecule has 0 bridgehead atoms. The lowest BCUT2D eigenvalue weighted by atomic mass is 10.0. The molecule has 0 radical (unpaired) electrons. The van der Waals surface area contributed by atoms with E-state index in [-0.39, 0.29) is 5.91 Å². The molecule has 1 amide bonds. The summed E-state index contributed by atoms with van der Waals surface area (Å²) < 4.78 is 7.00. The Balaban J connectivity index is 1.53. The second-order valence-corrected chi connectivity index (χ2v) is 8.24. The molecule has 0 spiro atoms. The number of nitrogens with zero attached hydrogens (tertiary/aromatic N) is 2. The van der Waals surface area contributed by atoms with E-state index >= 15 is 0 Å². The van der Waals surface area contributed by atoms with Crippen LogP contribution < -0.4 is 15.4 Å². The van der Waals surface area contributed by atoms with Crippen LogP contribution in [0.15, 0.2) is 60.8 Å². The van der Waals surface area contributed by atoms with Gasteiger partial charge in [0.1, 0.15) is 17.3 Å². The molecule has 0 aliphatic carbocycles. The van der Waals surface area contributed by atoms with Crippen molar-refractivity contribution in [1.82, 2.24) is 9.97 Å². The Hall–Kier alpha value is -3.45. The standard InChI is InChI=1S/C23H22N4O2S/c1-14(2)16-5-4-6-17(11-16)26-23-27-20-12-18(7-8-21(20)30-23)29-19-9-10-24-22(13-19)25-15(3)28/h4-14H,1-3H3,(H,26,27)(H,24,25,28). The van der Waals surface area contributed by atoms with Crippen molar-refractivity contribution < 1.29 is 9.53 Å². The maximum atomic E-state index is 11.2. The molecule has 0 saturated heterocycles. The van der Waals surface area contributed by atoms with E-state index in [1.54, 1.807) is 29.7 Å². The van der Waals surface area contributed by atoms with E-state index < -0.39 is 0 Å². The number of carbonyl (C=O) groups is 1. The maximum absolute atomic E-state index is 11.2. The second kappa shape index (κ2) is 8.51. The number of benzene rings is 2. The Morgan fingerprint density at radius 2 is 1.90 bits per heavy atom. The minimum absolute atomic E-state index is 0.178. The first-order chi connectivity index (χ1) is 14.5. The van der Waals surface area contributed by atoms with Crippen LogP contribution >= 0.6 is 11.3 Å². The highest BCUT2D eigenvalue weighted by Gasteiger charge is 2.08. The summed E-state index contributed by atoms with van der Waals surface area (Å²) in [5, 5.41) is 6.88. The van der Waals surface area contributed by atoms with Crippen molar-refractivity contribution in [1.29, 1.82) is 0 Å². The van der Waals surface area contributed by atoms with Crippen molar-refractivity contribution >= 4 is 44.1 Å². The smallest absolute Gasteiger partial charge is 0.222 e. The molecule has 6 nitrogen and oxygen atoms in total. The number of rotatable bonds is 6. The van der Waals surface area contributed by atoms with Crippen LogP contribution in [0, 0.1) is 0 Å². The van der Waals surface area contributed by atoms with Crippen LogP contribution in [0.5, 0.6) is 11.5 Å². The van der Waals surface area contributed by atoms with Gasteiger partial charge in [0.15, 0.2) is 5.13 Å². The summed E-state index contributed by atoms with van der Waals surface area (Å²) in [7, 11) is 0. The molecule has 0 unspecified atom stereocenters. The third-order valence-electron chi connectivity index (χ3n) is 4.43. The molecule has 2 N–H and O–H groups in total. The van der Waals surface area contributed by atoms with Gasteiger partial charge in [-0.2, -0.15) is 0 Å². The summed E-state index contributed by atoms with van der Waals surface area (Å²) in [5.41, 5.74) is 3.17. The fourth-order valence-corrected chi connectivity index (χ4v) is 3.85. The lowest BCUT2D eigenvalue weighted by Crippen LogP contribution is -2.07. The highest BCUT2D eigenvalue weighted by molar-refractivity contribution is 7.22. The zero-order valence-electron chi connectivity index (χ0n) is 17.0. The van der Waals surface area contributed by atoms with E-state index in [2.05, 4.69) is 47.7 Å². The first-order valence-corrected chi connectivity index (χ1v) is 10.5. The minimum atomic E-state index is -0.178. The number of hydrogen-bond acceptors (Lipinski definition) is 6. The number of amides is 1. The molecule has 2 aromatic carbocycles. The van der Waals surface area contributed by atoms with Gasteiger partial charge in [0, 0.05) is 30.9 Å². The quantitative estimate of drug-likeness (QED) is 0.384. The lowest BCUT2D eigenvalue weighted by molar-refractivity contribution is -0.114. The van der Waals surface area contributed by atoms with Crippen LogP contribution in [-0.4, -0.2) is 15.9 Å². The van der Waals surface area contributed by atoms with Crippen LogP contribution in [0.2, 0.25) is 0 Å². The van der Waals surface area contributed by atoms with E-state index in [4.69, 9.17) is 9.72 Å². The first kappa shape index (κ1) is 19.8. The fourth-order valence-electron chi connectivity index (χ4n) is 2.98. The van der Waals surface area contributed by atoms with Gasteiger partial charge in [0.2, 0.25) is 5.91 Å². The van der Waals surface area contributed by atoms with Crippen molar-refractivity contribution in [2.75, 3.05) is 10.6 Å². The molecule has 7 heteroatoms. The molecule has 4 rings (SSSR count). The van der Waals surface area contributed by atoms with Gasteiger partial charge in [0.05, 0.1) is 10.2 Å². The first-order valence-electron chi connectivity index (χ1n) is 9.65. The lowest BCUT2D eigenvalue weighted by Gasteiger charge is -2.08. The van der Waals surface area contributed by atoms with Crippen LogP contribution in [0.3, 0.4) is 0 Å². The molecular formula is C23H22N4O2S. The topological polar surface area (TPSA) is 76.1 Å². The highest BCUT2D eigenvalue weighted by Crippen LogP contribution is 2.33. The van der Waals surface area contributed by atoms with E-state index in [1.807, 2.05) is 24.3 Å². The van der Waals surface area contributed by atoms with Gasteiger partial charge in [-0.1, -0.05) is 37.3 Å². The van der Waals surface area contributed by atoms with Crippen molar-refractivity contribution in [3.63, 3.8) is 0 Å². The monoisotopic (exact) mass is 418 g/mol. The molecule has 0 atom stereocenters. The summed E-state index contributed by atoms with van der Waals surface area (Å²) in [5.74, 6) is 2.00. The van der Waals surface area contributed by atoms with Crippen molar-refractivity contribution in [3.8, 4) is 11.5 Å². The van der Waals surface area contributed by atoms with Crippen molar-refractivity contribution in [2.45, 2.75) is 26.7 Å². The van der Waals surface area contributed by atoms with Gasteiger partial charge in [-0.05, 0) is 41.8 Å². The zero-order valence-corrected chi connectivity index (χ0v) is 17.8. The minimum Gasteiger partial charge on any atom is -0.457 e. The summed E-state index contributed by atoms with van der Waals surface area (Å²) in [6.45, 7) is 5.80. The molecule has 152 valence electrons. The Morgan fingerprint density at radius 3 is 2.70 bits per heavy atom. The molecule has 0 aliphatic rings. The molecule has 4 aromatic rings. The van der Waals surface area contributed by atoms with Gasteiger partial charge in [0.25, 0.3) is 0 Å². The Morgan fingerprint density at radius 1 is 1.07 bits per heavy atom. The van der Waals surface area contributed by atoms with E-state index in [0.717, 1.165) is 21.0 Å². The normalized spacial score (nSPS) is 10.9. The van der Waals surface area contributed by atoms with Gasteiger partial charge in [-0.25, -0.2) is 9.97 Å². The molecular weight excluding hydrogens is 396 g/mol. The van der Waals surface area contributed by atoms with E-state index in [9.17, 15) is 4.79 Å². The molecule has 30 heavy (non-hydrogen) atoms. The van der Waals surface area contributed by atoms with Crippen LogP contribution in [0.4, 0.5) is 16.6 Å². The molecule has 2 heterocycles. The number of hydrogen-bond donors (Lipinski definition) is 2. The summed E-state index contributed by atoms with van der Waals surface area (Å²) in [6.07, 6.45) is 1.59. The van der Waals surface area contributed by atoms with Crippen LogP contribution in [-0.2, 0) is 4.79 Å². The largest absolute Gasteiger partial charge is 0.457 e. The van der Waals surface area contributed by atoms with Crippen LogP contribution in [0.1, 0.15) is 32.3 Å². The van der Waals surface area contributed by atoms with Crippen LogP contribution in [0.25, 0.3) is 10.2 Å². The average molecular weight is 419 g/mol. The Bertz CT molecular complexity index is 1200. The number of ether oxygens (including phenoxy) is 1. The molecule has 2 aromatic heterocycles. The Kier molecular flexibility index (Phi) is 5.63. The number of aromatic nitrogens is 2. The van der Waals surface area contributed by atoms with E-state index in [0.29, 0.717) is 23.2 Å². The summed E-state index contributed by atoms with van der Waals surface area (Å²) >= 11 is 1.60. The zero-order chi connectivity index (χ0) is 21.1. The molecule has 0 fully saturated rings. The van der Waals surface area contributed by atoms with Gasteiger partial charge < -0.3 is 15.4 Å². The summed E-state index contributed by atoms with van der Waals surface area (Å²) in [6, 6.07) is 17.6. The van der Waals surface area contributed by atoms with Gasteiger partial charge in [-0.3, -0.25) is 4.79 Å². The third kappa shape index (κ3) is 4.75. The molecule has 0 saturated carbocycles. The predicted molar refractivity (Wildman–Crippen MR) is 122 cm³/mol. The van der Waals surface area contributed by atoms with Gasteiger partial charge >= 0.3 is 0 Å². The maximum Gasteiger partial charge on any atom is 0.222 e. The van der Waals surface area contributed by atoms with Crippen molar-refractivity contribution in [2.24, 2.45) is 0 Å². The predicted octanol–water partition coefficient (Wildman–Crippen LogP) is 6.31. The number of nitrogens with one attached hydrogen (secondary N) is 2. The number of fused-ring (bicyclic) bond motifs is 1. The number of thiazole rings is 1. The highest BCUT2D eigenvalue weighted by atomic mass is 32.1. The number of pyridine rings is 1.